The number of nitrogens with two attached hydrogens (primary N) is 2. The number of benzene rings is 1. The second-order valence-corrected chi connectivity index (χ2v) is 5.27. The molecule has 0 unspecified atom stereocenters. The van der Waals surface area contributed by atoms with Crippen LogP contribution < -0.4 is 10.9 Å². The molecule has 0 aromatic heterocycles. The van der Waals surface area contributed by atoms with Crippen molar-refractivity contribution in [2.75, 3.05) is 5.73 Å². The standard InChI is InChI=1S/C7H6BrF3N2O2S/c8-4-1-3(7(9,10)11)2-5(12)6(4)16(13,14)15/h1-2H,12H2,(H2,13,14,15). The van der Waals surface area contributed by atoms with Crippen LogP contribution in [0.1, 0.15) is 5.56 Å². The Kier molecular flexibility index (Phi) is 3.23. The van der Waals surface area contributed by atoms with Gasteiger partial charge in [-0.2, -0.15) is 13.2 Å². The Bertz CT molecular complexity index is 504. The highest BCUT2D eigenvalue weighted by Gasteiger charge is 2.32. The summed E-state index contributed by atoms with van der Waals surface area (Å²) in [5.74, 6) is 0. The van der Waals surface area contributed by atoms with Crippen LogP contribution in [0.15, 0.2) is 21.5 Å². The molecule has 16 heavy (non-hydrogen) atoms. The van der Waals surface area contributed by atoms with Crippen LogP contribution in [-0.4, -0.2) is 8.42 Å². The van der Waals surface area contributed by atoms with Gasteiger partial charge < -0.3 is 5.73 Å². The lowest BCUT2D eigenvalue weighted by atomic mass is 10.2. The first kappa shape index (κ1) is 13.3. The number of hydrogen-bond acceptors (Lipinski definition) is 3. The molecule has 0 saturated carbocycles. The van der Waals surface area contributed by atoms with E-state index < -0.39 is 32.3 Å². The Labute approximate surface area is 97.6 Å². The Morgan fingerprint density at radius 2 is 1.75 bits per heavy atom. The summed E-state index contributed by atoms with van der Waals surface area (Å²) < 4.78 is 58.7. The van der Waals surface area contributed by atoms with Gasteiger partial charge in [-0.15, -0.1) is 0 Å². The topological polar surface area (TPSA) is 86.2 Å². The van der Waals surface area contributed by atoms with Crippen LogP contribution in [0, 0.1) is 0 Å². The predicted octanol–water partition coefficient (Wildman–Crippen LogP) is 1.70. The number of hydrogen-bond donors (Lipinski definition) is 2. The normalized spacial score (nSPS) is 12.8. The molecule has 0 heterocycles. The van der Waals surface area contributed by atoms with Crippen LogP contribution in [0.2, 0.25) is 0 Å². The van der Waals surface area contributed by atoms with Crippen molar-refractivity contribution in [3.8, 4) is 0 Å². The average molecular weight is 319 g/mol. The van der Waals surface area contributed by atoms with E-state index in [2.05, 4.69) is 15.9 Å². The highest BCUT2D eigenvalue weighted by Crippen LogP contribution is 2.36. The summed E-state index contributed by atoms with van der Waals surface area (Å²) in [6.07, 6.45) is -4.60. The molecule has 0 radical (unpaired) electrons. The Balaban J connectivity index is 3.53. The van der Waals surface area contributed by atoms with Gasteiger partial charge in [-0.1, -0.05) is 0 Å². The zero-order chi connectivity index (χ0) is 12.7. The van der Waals surface area contributed by atoms with Crippen molar-refractivity contribution in [2.45, 2.75) is 11.1 Å². The summed E-state index contributed by atoms with van der Waals surface area (Å²) >= 11 is 2.69. The van der Waals surface area contributed by atoms with Crippen LogP contribution in [-0.2, 0) is 16.2 Å². The highest BCUT2D eigenvalue weighted by atomic mass is 79.9. The van der Waals surface area contributed by atoms with E-state index >= 15 is 0 Å². The number of anilines is 1. The molecule has 0 spiro atoms. The van der Waals surface area contributed by atoms with E-state index in [9.17, 15) is 21.6 Å². The third-order valence-electron chi connectivity index (χ3n) is 1.68. The SMILES string of the molecule is Nc1cc(C(F)(F)F)cc(Br)c1S(N)(=O)=O. The van der Waals surface area contributed by atoms with Crippen LogP contribution in [0.5, 0.6) is 0 Å². The smallest absolute Gasteiger partial charge is 0.398 e. The zero-order valence-corrected chi connectivity index (χ0v) is 9.95. The van der Waals surface area contributed by atoms with E-state index in [1.807, 2.05) is 0 Å². The maximum Gasteiger partial charge on any atom is 0.416 e. The summed E-state index contributed by atoms with van der Waals surface area (Å²) in [6.45, 7) is 0. The van der Waals surface area contributed by atoms with Gasteiger partial charge in [0.05, 0.1) is 11.3 Å². The van der Waals surface area contributed by atoms with Gasteiger partial charge in [0.15, 0.2) is 0 Å². The summed E-state index contributed by atoms with van der Waals surface area (Å²) in [7, 11) is -4.17. The van der Waals surface area contributed by atoms with Gasteiger partial charge in [-0.25, -0.2) is 13.6 Å². The van der Waals surface area contributed by atoms with Crippen LogP contribution in [0.25, 0.3) is 0 Å². The highest BCUT2D eigenvalue weighted by molar-refractivity contribution is 9.10. The van der Waals surface area contributed by atoms with Gasteiger partial charge in [0.25, 0.3) is 0 Å². The summed E-state index contributed by atoms with van der Waals surface area (Å²) in [5, 5.41) is 4.80. The van der Waals surface area contributed by atoms with Gasteiger partial charge in [-0.05, 0) is 28.1 Å². The predicted molar refractivity (Wildman–Crippen MR) is 54.9 cm³/mol. The monoisotopic (exact) mass is 318 g/mol. The van der Waals surface area contributed by atoms with Gasteiger partial charge in [0, 0.05) is 4.47 Å². The lowest BCUT2D eigenvalue weighted by Gasteiger charge is -2.11. The van der Waals surface area contributed by atoms with E-state index in [0.717, 1.165) is 0 Å². The Hall–Kier alpha value is -0.800. The molecule has 9 heteroatoms. The number of halogens is 4. The van der Waals surface area contributed by atoms with Gasteiger partial charge >= 0.3 is 6.18 Å². The van der Waals surface area contributed by atoms with E-state index in [0.29, 0.717) is 12.1 Å². The average Bonchev–Trinajstić information content (AvgIpc) is 1.97. The molecule has 1 aromatic rings. The molecule has 0 atom stereocenters. The summed E-state index contributed by atoms with van der Waals surface area (Å²) in [5.41, 5.74) is 3.61. The van der Waals surface area contributed by atoms with Crippen LogP contribution in [0.4, 0.5) is 18.9 Å². The maximum absolute atomic E-state index is 12.3. The minimum absolute atomic E-state index is 0.317. The molecule has 0 aliphatic rings. The fourth-order valence-electron chi connectivity index (χ4n) is 1.08. The van der Waals surface area contributed by atoms with E-state index in [4.69, 9.17) is 10.9 Å². The van der Waals surface area contributed by atoms with Crippen molar-refractivity contribution >= 4 is 31.6 Å². The van der Waals surface area contributed by atoms with Gasteiger partial charge in [0.1, 0.15) is 4.90 Å². The second-order valence-electron chi connectivity index (χ2n) is 2.92. The molecule has 1 rings (SSSR count). The van der Waals surface area contributed by atoms with E-state index in [1.165, 1.54) is 0 Å². The second kappa shape index (κ2) is 3.90. The maximum atomic E-state index is 12.3. The number of primary sulfonamides is 1. The molecular formula is C7H6BrF3N2O2S. The molecule has 4 nitrogen and oxygen atoms in total. The minimum Gasteiger partial charge on any atom is -0.398 e. The number of rotatable bonds is 1. The lowest BCUT2D eigenvalue weighted by Crippen LogP contribution is -2.16. The van der Waals surface area contributed by atoms with Crippen molar-refractivity contribution in [1.29, 1.82) is 0 Å². The minimum atomic E-state index is -4.60. The first-order valence-corrected chi connectivity index (χ1v) is 6.06. The Morgan fingerprint density at radius 1 is 1.25 bits per heavy atom. The van der Waals surface area contributed by atoms with Crippen molar-refractivity contribution in [3.05, 3.63) is 22.2 Å². The summed E-state index contributed by atoms with van der Waals surface area (Å²) in [4.78, 5) is -0.555. The molecule has 0 amide bonds. The first-order chi connectivity index (χ1) is 7.03. The molecule has 0 aliphatic carbocycles. The number of nitrogen functional groups attached to an aromatic ring is 1. The van der Waals surface area contributed by atoms with Crippen molar-refractivity contribution < 1.29 is 21.6 Å². The van der Waals surface area contributed by atoms with Crippen molar-refractivity contribution in [1.82, 2.24) is 0 Å². The number of sulfonamides is 1. The summed E-state index contributed by atoms with van der Waals surface area (Å²) in [6, 6.07) is 1.13. The van der Waals surface area contributed by atoms with Crippen LogP contribution in [0.3, 0.4) is 0 Å². The fraction of sp³-hybridized carbons (Fsp3) is 0.143. The molecule has 0 saturated heterocycles. The van der Waals surface area contributed by atoms with Crippen LogP contribution >= 0.6 is 15.9 Å². The van der Waals surface area contributed by atoms with Crippen molar-refractivity contribution in [2.24, 2.45) is 5.14 Å². The molecule has 0 bridgehead atoms. The fourth-order valence-corrected chi connectivity index (χ4v) is 2.95. The Morgan fingerprint density at radius 3 is 2.06 bits per heavy atom. The molecule has 0 aliphatic heterocycles. The molecule has 1 aromatic carbocycles. The largest absolute Gasteiger partial charge is 0.416 e. The van der Waals surface area contributed by atoms with Crippen molar-refractivity contribution in [3.63, 3.8) is 0 Å². The zero-order valence-electron chi connectivity index (χ0n) is 7.55. The van der Waals surface area contributed by atoms with Gasteiger partial charge in [-0.3, -0.25) is 0 Å². The first-order valence-electron chi connectivity index (χ1n) is 3.72. The molecule has 0 fully saturated rings. The third kappa shape index (κ3) is 2.66. The molecular weight excluding hydrogens is 313 g/mol. The van der Waals surface area contributed by atoms with E-state index in [1.54, 1.807) is 0 Å². The van der Waals surface area contributed by atoms with Gasteiger partial charge in [0.2, 0.25) is 10.0 Å². The molecule has 90 valence electrons. The third-order valence-corrected chi connectivity index (χ3v) is 3.60. The molecule has 4 N–H and O–H groups in total. The number of alkyl halides is 3. The quantitative estimate of drug-likeness (QED) is 0.773. The lowest BCUT2D eigenvalue weighted by molar-refractivity contribution is -0.137. The van der Waals surface area contributed by atoms with E-state index in [-0.39, 0.29) is 4.47 Å².